The Bertz CT molecular complexity index is 626. The van der Waals surface area contributed by atoms with Gasteiger partial charge in [-0.3, -0.25) is 4.79 Å². The average molecular weight is 329 g/mol. The van der Waals surface area contributed by atoms with E-state index in [1.807, 2.05) is 18.2 Å². The molecule has 1 atom stereocenters. The summed E-state index contributed by atoms with van der Waals surface area (Å²) in [6.45, 7) is 3.43. The van der Waals surface area contributed by atoms with E-state index in [1.165, 1.54) is 11.8 Å². The maximum Gasteiger partial charge on any atom is 0.314 e. The van der Waals surface area contributed by atoms with Crippen LogP contribution in [0.2, 0.25) is 0 Å². The maximum atomic E-state index is 11.7. The van der Waals surface area contributed by atoms with E-state index in [0.29, 0.717) is 25.6 Å². The van der Waals surface area contributed by atoms with Crippen LogP contribution in [0.3, 0.4) is 0 Å². The van der Waals surface area contributed by atoms with E-state index >= 15 is 0 Å². The molecular formula is C18H23N3O3. The van der Waals surface area contributed by atoms with E-state index in [4.69, 9.17) is 4.42 Å². The molecule has 0 radical (unpaired) electrons. The summed E-state index contributed by atoms with van der Waals surface area (Å²) in [5.74, 6) is 0.354. The molecule has 24 heavy (non-hydrogen) atoms. The van der Waals surface area contributed by atoms with Gasteiger partial charge in [-0.1, -0.05) is 37.3 Å². The van der Waals surface area contributed by atoms with Crippen LogP contribution in [0.25, 0.3) is 0 Å². The minimum Gasteiger partial charge on any atom is -0.459 e. The highest BCUT2D eigenvalue weighted by molar-refractivity contribution is 5.91. The fourth-order valence-corrected chi connectivity index (χ4v) is 2.26. The Labute approximate surface area is 141 Å². The minimum absolute atomic E-state index is 0.234. The Balaban J connectivity index is 1.54. The lowest BCUT2D eigenvalue weighted by atomic mass is 9.98. The lowest BCUT2D eigenvalue weighted by Gasteiger charge is -2.13. The minimum atomic E-state index is -0.293. The van der Waals surface area contributed by atoms with Crippen LogP contribution >= 0.6 is 0 Å². The first-order chi connectivity index (χ1) is 11.7. The summed E-state index contributed by atoms with van der Waals surface area (Å²) in [4.78, 5) is 23.3. The van der Waals surface area contributed by atoms with Gasteiger partial charge in [0.1, 0.15) is 0 Å². The number of amides is 3. The van der Waals surface area contributed by atoms with E-state index in [0.717, 1.165) is 6.42 Å². The maximum absolute atomic E-state index is 11.7. The Hall–Kier alpha value is -2.76. The predicted molar refractivity (Wildman–Crippen MR) is 91.9 cm³/mol. The van der Waals surface area contributed by atoms with Gasteiger partial charge in [0.2, 0.25) is 0 Å². The molecule has 2 rings (SSSR count). The van der Waals surface area contributed by atoms with Crippen LogP contribution in [-0.4, -0.2) is 31.6 Å². The van der Waals surface area contributed by atoms with Crippen molar-refractivity contribution < 1.29 is 14.0 Å². The van der Waals surface area contributed by atoms with Gasteiger partial charge < -0.3 is 20.4 Å². The van der Waals surface area contributed by atoms with Gasteiger partial charge in [-0.05, 0) is 30.0 Å². The smallest absolute Gasteiger partial charge is 0.314 e. The molecule has 6 heteroatoms. The van der Waals surface area contributed by atoms with Crippen molar-refractivity contribution in [1.29, 1.82) is 0 Å². The van der Waals surface area contributed by atoms with Crippen molar-refractivity contribution in [3.05, 3.63) is 60.1 Å². The summed E-state index contributed by atoms with van der Waals surface area (Å²) in [6, 6.07) is 13.2. The number of benzene rings is 1. The molecule has 0 spiro atoms. The zero-order chi connectivity index (χ0) is 17.2. The van der Waals surface area contributed by atoms with Crippen LogP contribution in [-0.2, 0) is 0 Å². The van der Waals surface area contributed by atoms with Gasteiger partial charge in [-0.15, -0.1) is 0 Å². The third kappa shape index (κ3) is 5.79. The summed E-state index contributed by atoms with van der Waals surface area (Å²) in [6.07, 6.45) is 2.31. The number of hydrogen-bond acceptors (Lipinski definition) is 3. The second-order valence-corrected chi connectivity index (χ2v) is 5.52. The standard InChI is InChI=1S/C18H23N3O3/c1-14(15-6-3-2-4-7-15)9-10-20-18(23)21-12-11-19-17(22)16-8-5-13-24-16/h2-8,13-14H,9-12H2,1H3,(H,19,22)(H2,20,21,23). The van der Waals surface area contributed by atoms with Crippen molar-refractivity contribution in [2.75, 3.05) is 19.6 Å². The number of nitrogens with one attached hydrogen (secondary N) is 3. The summed E-state index contributed by atoms with van der Waals surface area (Å²) < 4.78 is 4.97. The van der Waals surface area contributed by atoms with E-state index in [-0.39, 0.29) is 17.7 Å². The fraction of sp³-hybridized carbons (Fsp3) is 0.333. The van der Waals surface area contributed by atoms with E-state index in [2.05, 4.69) is 35.0 Å². The predicted octanol–water partition coefficient (Wildman–Crippen LogP) is 2.50. The molecule has 0 aliphatic rings. The molecule has 0 aliphatic heterocycles. The van der Waals surface area contributed by atoms with Crippen LogP contribution in [0.5, 0.6) is 0 Å². The van der Waals surface area contributed by atoms with Gasteiger partial charge in [-0.25, -0.2) is 4.79 Å². The molecule has 1 aromatic carbocycles. The summed E-state index contributed by atoms with van der Waals surface area (Å²) in [5, 5.41) is 8.18. The Morgan fingerprint density at radius 2 is 1.67 bits per heavy atom. The molecule has 3 N–H and O–H groups in total. The second kappa shape index (κ2) is 9.39. The molecule has 0 bridgehead atoms. The van der Waals surface area contributed by atoms with Crippen LogP contribution in [0.15, 0.2) is 53.1 Å². The molecule has 1 aromatic heterocycles. The molecule has 1 heterocycles. The van der Waals surface area contributed by atoms with E-state index in [9.17, 15) is 9.59 Å². The Morgan fingerprint density at radius 3 is 2.38 bits per heavy atom. The molecule has 6 nitrogen and oxygen atoms in total. The molecule has 0 aliphatic carbocycles. The Morgan fingerprint density at radius 1 is 0.958 bits per heavy atom. The molecular weight excluding hydrogens is 306 g/mol. The van der Waals surface area contributed by atoms with Crippen molar-refractivity contribution in [2.24, 2.45) is 0 Å². The number of rotatable bonds is 8. The molecule has 1 unspecified atom stereocenters. The zero-order valence-electron chi connectivity index (χ0n) is 13.7. The third-order valence-corrected chi connectivity index (χ3v) is 3.67. The molecule has 128 valence electrons. The summed E-state index contributed by atoms with van der Waals surface area (Å²) in [5.41, 5.74) is 1.26. The van der Waals surface area contributed by atoms with Crippen molar-refractivity contribution in [2.45, 2.75) is 19.3 Å². The number of hydrogen-bond donors (Lipinski definition) is 3. The van der Waals surface area contributed by atoms with Crippen LogP contribution in [0, 0.1) is 0 Å². The zero-order valence-corrected chi connectivity index (χ0v) is 13.7. The molecule has 0 saturated carbocycles. The topological polar surface area (TPSA) is 83.4 Å². The quantitative estimate of drug-likeness (QED) is 0.651. The van der Waals surface area contributed by atoms with Gasteiger partial charge in [0.05, 0.1) is 6.26 Å². The van der Waals surface area contributed by atoms with Crippen molar-refractivity contribution in [3.63, 3.8) is 0 Å². The van der Waals surface area contributed by atoms with Crippen LogP contribution < -0.4 is 16.0 Å². The SMILES string of the molecule is CC(CCNC(=O)NCCNC(=O)c1ccco1)c1ccccc1. The second-order valence-electron chi connectivity index (χ2n) is 5.52. The Kier molecular flexibility index (Phi) is 6.89. The van der Waals surface area contributed by atoms with E-state index in [1.54, 1.807) is 12.1 Å². The highest BCUT2D eigenvalue weighted by Crippen LogP contribution is 2.17. The van der Waals surface area contributed by atoms with Crippen LogP contribution in [0.1, 0.15) is 35.4 Å². The number of urea groups is 1. The molecule has 0 saturated heterocycles. The first-order valence-corrected chi connectivity index (χ1v) is 8.05. The third-order valence-electron chi connectivity index (χ3n) is 3.67. The average Bonchev–Trinajstić information content (AvgIpc) is 3.14. The molecule has 3 amide bonds. The lowest BCUT2D eigenvalue weighted by molar-refractivity contribution is 0.0926. The fourth-order valence-electron chi connectivity index (χ4n) is 2.26. The number of furan rings is 1. The number of carbonyl (C=O) groups excluding carboxylic acids is 2. The summed E-state index contributed by atoms with van der Waals surface area (Å²) >= 11 is 0. The van der Waals surface area contributed by atoms with Crippen molar-refractivity contribution in [3.8, 4) is 0 Å². The van der Waals surface area contributed by atoms with Crippen molar-refractivity contribution >= 4 is 11.9 Å². The van der Waals surface area contributed by atoms with Gasteiger partial charge in [0, 0.05) is 19.6 Å². The highest BCUT2D eigenvalue weighted by Gasteiger charge is 2.08. The first-order valence-electron chi connectivity index (χ1n) is 8.05. The van der Waals surface area contributed by atoms with Gasteiger partial charge in [-0.2, -0.15) is 0 Å². The molecule has 2 aromatic rings. The van der Waals surface area contributed by atoms with Crippen molar-refractivity contribution in [1.82, 2.24) is 16.0 Å². The number of carbonyl (C=O) groups is 2. The monoisotopic (exact) mass is 329 g/mol. The lowest BCUT2D eigenvalue weighted by Crippen LogP contribution is -2.40. The highest BCUT2D eigenvalue weighted by atomic mass is 16.3. The van der Waals surface area contributed by atoms with Crippen LogP contribution in [0.4, 0.5) is 4.79 Å². The largest absolute Gasteiger partial charge is 0.459 e. The summed E-state index contributed by atoms with van der Waals surface area (Å²) in [7, 11) is 0. The van der Waals surface area contributed by atoms with Gasteiger partial charge >= 0.3 is 6.03 Å². The van der Waals surface area contributed by atoms with Gasteiger partial charge in [0.25, 0.3) is 5.91 Å². The first kappa shape index (κ1) is 17.6. The van der Waals surface area contributed by atoms with Gasteiger partial charge in [0.15, 0.2) is 5.76 Å². The normalized spacial score (nSPS) is 11.5. The van der Waals surface area contributed by atoms with E-state index < -0.39 is 0 Å². The molecule has 0 fully saturated rings.